The molecule has 33 heavy (non-hydrogen) atoms. The molecule has 3 aliphatic rings. The first kappa shape index (κ1) is 25.8. The molecular formula is C25H38N2O5S. The van der Waals surface area contributed by atoms with Crippen molar-refractivity contribution in [2.75, 3.05) is 32.8 Å². The second-order valence-electron chi connectivity index (χ2n) is 9.22. The summed E-state index contributed by atoms with van der Waals surface area (Å²) in [6.07, 6.45) is 8.99. The Hall–Kier alpha value is -1.80. The Morgan fingerprint density at radius 2 is 2.06 bits per heavy atom. The smallest absolute Gasteiger partial charge is 0.311 e. The van der Waals surface area contributed by atoms with Crippen molar-refractivity contribution < 1.29 is 24.2 Å². The second kappa shape index (κ2) is 11.6. The Balaban J connectivity index is 1.93. The molecule has 184 valence electrons. The van der Waals surface area contributed by atoms with Crippen LogP contribution in [0.4, 0.5) is 0 Å². The van der Waals surface area contributed by atoms with E-state index in [0.29, 0.717) is 32.5 Å². The zero-order chi connectivity index (χ0) is 24.0. The Kier molecular flexibility index (Phi) is 9.04. The van der Waals surface area contributed by atoms with E-state index in [1.807, 2.05) is 4.90 Å². The van der Waals surface area contributed by atoms with E-state index in [-0.39, 0.29) is 36.2 Å². The van der Waals surface area contributed by atoms with E-state index in [4.69, 9.17) is 4.74 Å². The molecule has 3 saturated heterocycles. The van der Waals surface area contributed by atoms with Crippen LogP contribution in [0.25, 0.3) is 0 Å². The summed E-state index contributed by atoms with van der Waals surface area (Å²) in [6.45, 7) is 11.2. The van der Waals surface area contributed by atoms with E-state index in [2.05, 4.69) is 20.1 Å². The molecule has 5 atom stereocenters. The van der Waals surface area contributed by atoms with Gasteiger partial charge in [-0.2, -0.15) is 0 Å². The van der Waals surface area contributed by atoms with Crippen LogP contribution in [0.2, 0.25) is 0 Å². The third-order valence-electron chi connectivity index (χ3n) is 7.15. The lowest BCUT2D eigenvalue weighted by atomic mass is 9.71. The number of hydrogen-bond donors (Lipinski definition) is 1. The third-order valence-corrected chi connectivity index (χ3v) is 9.10. The van der Waals surface area contributed by atoms with Crippen LogP contribution in [0.3, 0.4) is 0 Å². The summed E-state index contributed by atoms with van der Waals surface area (Å²) in [5, 5.41) is 9.26. The van der Waals surface area contributed by atoms with Crippen LogP contribution < -0.4 is 0 Å². The van der Waals surface area contributed by atoms with Gasteiger partial charge in [0.2, 0.25) is 11.8 Å². The quantitative estimate of drug-likeness (QED) is 0.235. The zero-order valence-corrected chi connectivity index (χ0v) is 20.6. The van der Waals surface area contributed by atoms with Gasteiger partial charge in [0.1, 0.15) is 12.6 Å². The van der Waals surface area contributed by atoms with Gasteiger partial charge in [-0.15, -0.1) is 18.3 Å². The van der Waals surface area contributed by atoms with E-state index in [1.54, 1.807) is 22.7 Å². The average molecular weight is 479 g/mol. The SMILES string of the molecule is C=CCOC(=O)[C@@H]1[C@@H]2CCC3(S2)C(C(=O)N(CC=C)CCCCC)N(CCCCO)C(=O)[C@H]13. The van der Waals surface area contributed by atoms with Gasteiger partial charge < -0.3 is 19.6 Å². The number of rotatable bonds is 14. The molecule has 0 aromatic carbocycles. The molecule has 2 bridgehead atoms. The highest BCUT2D eigenvalue weighted by Crippen LogP contribution is 2.66. The summed E-state index contributed by atoms with van der Waals surface area (Å²) in [5.41, 5.74) is 0. The molecule has 1 N–H and O–H groups in total. The first-order chi connectivity index (χ1) is 16.0. The topological polar surface area (TPSA) is 87.2 Å². The molecule has 8 heteroatoms. The summed E-state index contributed by atoms with van der Waals surface area (Å²) in [4.78, 5) is 44.2. The maximum Gasteiger partial charge on any atom is 0.311 e. The largest absolute Gasteiger partial charge is 0.461 e. The summed E-state index contributed by atoms with van der Waals surface area (Å²) >= 11 is 1.65. The normalized spacial score (nSPS) is 29.8. The Bertz CT molecular complexity index is 759. The monoisotopic (exact) mass is 478 g/mol. The first-order valence-corrected chi connectivity index (χ1v) is 13.1. The fourth-order valence-electron chi connectivity index (χ4n) is 5.74. The van der Waals surface area contributed by atoms with E-state index in [9.17, 15) is 19.5 Å². The molecular weight excluding hydrogens is 440 g/mol. The third kappa shape index (κ3) is 4.87. The van der Waals surface area contributed by atoms with Crippen molar-refractivity contribution in [2.24, 2.45) is 11.8 Å². The van der Waals surface area contributed by atoms with Crippen molar-refractivity contribution in [3.63, 3.8) is 0 Å². The Labute approximate surface area is 201 Å². The predicted molar refractivity (Wildman–Crippen MR) is 130 cm³/mol. The van der Waals surface area contributed by atoms with Gasteiger partial charge in [-0.05, 0) is 32.1 Å². The van der Waals surface area contributed by atoms with Gasteiger partial charge in [-0.3, -0.25) is 14.4 Å². The van der Waals surface area contributed by atoms with Crippen LogP contribution in [0, 0.1) is 11.8 Å². The molecule has 1 spiro atoms. The van der Waals surface area contributed by atoms with Gasteiger partial charge in [0.25, 0.3) is 0 Å². The molecule has 7 nitrogen and oxygen atoms in total. The molecule has 0 aromatic rings. The van der Waals surface area contributed by atoms with E-state index in [1.165, 1.54) is 6.08 Å². The number of esters is 1. The highest BCUT2D eigenvalue weighted by Gasteiger charge is 2.74. The molecule has 3 aliphatic heterocycles. The summed E-state index contributed by atoms with van der Waals surface area (Å²) < 4.78 is 4.78. The lowest BCUT2D eigenvalue weighted by Gasteiger charge is -2.37. The standard InChI is InChI=1S/C25H38N2O5S/c1-4-7-8-14-26(13-5-2)23(30)21-25-12-11-18(33-25)19(24(31)32-17-6-3)20(25)22(29)27(21)15-9-10-16-28/h5-6,18-21,28H,2-4,7-17H2,1H3/t18-,19+,20-,21?,25?/m0/s1. The van der Waals surface area contributed by atoms with Gasteiger partial charge >= 0.3 is 5.97 Å². The highest BCUT2D eigenvalue weighted by molar-refractivity contribution is 8.02. The predicted octanol–water partition coefficient (Wildman–Crippen LogP) is 2.78. The number of carbonyl (C=O) groups excluding carboxylic acids is 3. The van der Waals surface area contributed by atoms with E-state index < -0.39 is 22.6 Å². The van der Waals surface area contributed by atoms with E-state index in [0.717, 1.165) is 32.1 Å². The Morgan fingerprint density at radius 3 is 2.73 bits per heavy atom. The number of aliphatic hydroxyl groups excluding tert-OH is 1. The first-order valence-electron chi connectivity index (χ1n) is 12.2. The molecule has 0 saturated carbocycles. The van der Waals surface area contributed by atoms with Crippen molar-refractivity contribution in [1.29, 1.82) is 0 Å². The maximum absolute atomic E-state index is 14.0. The number of thioether (sulfide) groups is 1. The minimum absolute atomic E-state index is 0.000831. The molecule has 0 aromatic heterocycles. The van der Waals surface area contributed by atoms with Crippen molar-refractivity contribution in [3.8, 4) is 0 Å². The Morgan fingerprint density at radius 1 is 1.27 bits per heavy atom. The van der Waals surface area contributed by atoms with Crippen LogP contribution in [0.5, 0.6) is 0 Å². The minimum Gasteiger partial charge on any atom is -0.461 e. The number of nitrogens with zero attached hydrogens (tertiary/aromatic N) is 2. The number of aliphatic hydroxyl groups is 1. The number of carbonyl (C=O) groups is 3. The van der Waals surface area contributed by atoms with Crippen LogP contribution in [0.1, 0.15) is 51.9 Å². The van der Waals surface area contributed by atoms with Crippen molar-refractivity contribution in [2.45, 2.75) is 67.9 Å². The summed E-state index contributed by atoms with van der Waals surface area (Å²) in [5.74, 6) is -1.58. The maximum atomic E-state index is 14.0. The van der Waals surface area contributed by atoms with E-state index >= 15 is 0 Å². The van der Waals surface area contributed by atoms with Gasteiger partial charge in [0, 0.05) is 31.5 Å². The van der Waals surface area contributed by atoms with Crippen molar-refractivity contribution >= 4 is 29.5 Å². The number of amides is 2. The lowest BCUT2D eigenvalue weighted by molar-refractivity contribution is -0.153. The van der Waals surface area contributed by atoms with Crippen molar-refractivity contribution in [1.82, 2.24) is 9.80 Å². The molecule has 2 amide bonds. The molecule has 3 rings (SSSR count). The number of hydrogen-bond acceptors (Lipinski definition) is 6. The fraction of sp³-hybridized carbons (Fsp3) is 0.720. The van der Waals surface area contributed by atoms with Crippen LogP contribution in [0.15, 0.2) is 25.3 Å². The second-order valence-corrected chi connectivity index (χ2v) is 10.8. The molecule has 0 aliphatic carbocycles. The van der Waals surface area contributed by atoms with Crippen LogP contribution in [-0.4, -0.2) is 81.6 Å². The number of ether oxygens (including phenoxy) is 1. The molecule has 0 radical (unpaired) electrons. The van der Waals surface area contributed by atoms with Crippen molar-refractivity contribution in [3.05, 3.63) is 25.3 Å². The van der Waals surface area contributed by atoms with Gasteiger partial charge in [-0.25, -0.2) is 0 Å². The number of likely N-dealkylation sites (tertiary alicyclic amines) is 1. The van der Waals surface area contributed by atoms with Gasteiger partial charge in [-0.1, -0.05) is 38.5 Å². The number of fused-ring (bicyclic) bond motifs is 1. The summed E-state index contributed by atoms with van der Waals surface area (Å²) in [7, 11) is 0. The molecule has 3 fully saturated rings. The minimum atomic E-state index is -0.597. The fourth-order valence-corrected chi connectivity index (χ4v) is 7.95. The average Bonchev–Trinajstić information content (AvgIpc) is 3.44. The van der Waals surface area contributed by atoms with Gasteiger partial charge in [0.15, 0.2) is 0 Å². The highest BCUT2D eigenvalue weighted by atomic mass is 32.2. The van der Waals surface area contributed by atoms with Crippen LogP contribution >= 0.6 is 11.8 Å². The van der Waals surface area contributed by atoms with Crippen LogP contribution in [-0.2, 0) is 19.1 Å². The molecule has 2 unspecified atom stereocenters. The number of unbranched alkanes of at least 4 members (excludes halogenated alkanes) is 3. The lowest BCUT2D eigenvalue weighted by Crippen LogP contribution is -2.55. The van der Waals surface area contributed by atoms with Gasteiger partial charge in [0.05, 0.1) is 16.6 Å². The zero-order valence-electron chi connectivity index (χ0n) is 19.7. The summed E-state index contributed by atoms with van der Waals surface area (Å²) in [6, 6.07) is -0.595. The molecule has 3 heterocycles.